The second-order valence-corrected chi connectivity index (χ2v) is 7.14. The molecule has 0 saturated heterocycles. The lowest BCUT2D eigenvalue weighted by molar-refractivity contribution is 0.0505. The molecule has 0 radical (unpaired) electrons. The summed E-state index contributed by atoms with van der Waals surface area (Å²) in [6.45, 7) is 7.23. The van der Waals surface area contributed by atoms with Gasteiger partial charge in [-0.05, 0) is 52.0 Å². The fourth-order valence-corrected chi connectivity index (χ4v) is 2.76. The largest absolute Gasteiger partial charge is 0.444 e. The number of para-hydroxylation sites is 1. The molecule has 0 aliphatic carbocycles. The average molecular weight is 355 g/mol. The quantitative estimate of drug-likeness (QED) is 0.737. The Morgan fingerprint density at radius 1 is 1.19 bits per heavy atom. The Balaban J connectivity index is 2.03. The fraction of sp³-hybridized carbons (Fsp3) is 0.300. The number of hydrogen-bond acceptors (Lipinski definition) is 3. The monoisotopic (exact) mass is 355 g/mol. The van der Waals surface area contributed by atoms with Crippen LogP contribution >= 0.6 is 0 Å². The van der Waals surface area contributed by atoms with Crippen molar-refractivity contribution in [3.63, 3.8) is 0 Å². The Bertz CT molecular complexity index is 929. The number of fused-ring (bicyclic) bond motifs is 1. The molecule has 2 aromatic carbocycles. The third-order valence-electron chi connectivity index (χ3n) is 3.78. The van der Waals surface area contributed by atoms with Gasteiger partial charge in [-0.3, -0.25) is 4.57 Å². The van der Waals surface area contributed by atoms with E-state index in [1.165, 1.54) is 12.1 Å². The van der Waals surface area contributed by atoms with Crippen molar-refractivity contribution in [3.05, 3.63) is 60.2 Å². The molecule has 1 atom stereocenters. The smallest absolute Gasteiger partial charge is 0.408 e. The first-order chi connectivity index (χ1) is 12.2. The Labute approximate surface area is 151 Å². The van der Waals surface area contributed by atoms with Crippen LogP contribution in [0.2, 0.25) is 0 Å². The molecule has 1 aromatic heterocycles. The normalized spacial score (nSPS) is 12.8. The molecule has 0 unspecified atom stereocenters. The summed E-state index contributed by atoms with van der Waals surface area (Å²) < 4.78 is 20.9. The lowest BCUT2D eigenvalue weighted by atomic mass is 10.2. The lowest BCUT2D eigenvalue weighted by Gasteiger charge is -2.22. The van der Waals surface area contributed by atoms with E-state index < -0.39 is 17.7 Å². The molecule has 0 fully saturated rings. The van der Waals surface area contributed by atoms with E-state index in [9.17, 15) is 9.18 Å². The van der Waals surface area contributed by atoms with Crippen LogP contribution in [-0.4, -0.2) is 21.2 Å². The SMILES string of the molecule is C[C@H](NC(=O)OC(C)(C)C)c1nc2cc(F)ccc2n1-c1ccccc1. The van der Waals surface area contributed by atoms with Crippen molar-refractivity contribution in [2.75, 3.05) is 0 Å². The molecular weight excluding hydrogens is 333 g/mol. The second kappa shape index (κ2) is 6.78. The maximum atomic E-state index is 13.6. The van der Waals surface area contributed by atoms with Crippen molar-refractivity contribution < 1.29 is 13.9 Å². The lowest BCUT2D eigenvalue weighted by Crippen LogP contribution is -2.34. The minimum Gasteiger partial charge on any atom is -0.444 e. The van der Waals surface area contributed by atoms with Gasteiger partial charge in [-0.25, -0.2) is 14.2 Å². The van der Waals surface area contributed by atoms with Gasteiger partial charge in [0.15, 0.2) is 0 Å². The molecule has 0 bridgehead atoms. The van der Waals surface area contributed by atoms with E-state index >= 15 is 0 Å². The highest BCUT2D eigenvalue weighted by atomic mass is 19.1. The van der Waals surface area contributed by atoms with Crippen LogP contribution in [0.1, 0.15) is 39.6 Å². The fourth-order valence-electron chi connectivity index (χ4n) is 2.76. The molecule has 136 valence electrons. The highest BCUT2D eigenvalue weighted by molar-refractivity contribution is 5.79. The number of aromatic nitrogens is 2. The highest BCUT2D eigenvalue weighted by Gasteiger charge is 2.22. The van der Waals surface area contributed by atoms with Crippen molar-refractivity contribution in [2.45, 2.75) is 39.3 Å². The summed E-state index contributed by atoms with van der Waals surface area (Å²) in [6, 6.07) is 13.7. The summed E-state index contributed by atoms with van der Waals surface area (Å²) in [5, 5.41) is 2.80. The number of amides is 1. The van der Waals surface area contributed by atoms with Crippen LogP contribution in [0.3, 0.4) is 0 Å². The Morgan fingerprint density at radius 3 is 2.54 bits per heavy atom. The summed E-state index contributed by atoms with van der Waals surface area (Å²) in [7, 11) is 0. The zero-order valence-electron chi connectivity index (χ0n) is 15.3. The van der Waals surface area contributed by atoms with Crippen LogP contribution in [0.5, 0.6) is 0 Å². The zero-order valence-corrected chi connectivity index (χ0v) is 15.3. The molecule has 1 N–H and O–H groups in total. The average Bonchev–Trinajstić information content (AvgIpc) is 2.92. The number of imidazole rings is 1. The maximum Gasteiger partial charge on any atom is 0.408 e. The number of rotatable bonds is 3. The Kier molecular flexibility index (Phi) is 4.68. The number of hydrogen-bond donors (Lipinski definition) is 1. The third kappa shape index (κ3) is 3.85. The molecule has 0 aliphatic heterocycles. The van der Waals surface area contributed by atoms with E-state index in [1.807, 2.05) is 41.8 Å². The maximum absolute atomic E-state index is 13.6. The van der Waals surface area contributed by atoms with Crippen LogP contribution in [-0.2, 0) is 4.74 Å². The molecular formula is C20H22FN3O2. The van der Waals surface area contributed by atoms with Crippen molar-refractivity contribution in [3.8, 4) is 5.69 Å². The van der Waals surface area contributed by atoms with Crippen molar-refractivity contribution in [2.24, 2.45) is 0 Å². The molecule has 0 spiro atoms. The Morgan fingerprint density at radius 2 is 1.88 bits per heavy atom. The first-order valence-corrected chi connectivity index (χ1v) is 8.47. The molecule has 0 aliphatic rings. The molecule has 1 heterocycles. The van der Waals surface area contributed by atoms with E-state index in [0.717, 1.165) is 11.2 Å². The van der Waals surface area contributed by atoms with Gasteiger partial charge >= 0.3 is 6.09 Å². The number of nitrogens with one attached hydrogen (secondary N) is 1. The van der Waals surface area contributed by atoms with Gasteiger partial charge < -0.3 is 10.1 Å². The van der Waals surface area contributed by atoms with Gasteiger partial charge in [0, 0.05) is 11.8 Å². The summed E-state index contributed by atoms with van der Waals surface area (Å²) in [4.78, 5) is 16.7. The van der Waals surface area contributed by atoms with E-state index in [1.54, 1.807) is 26.8 Å². The first kappa shape index (κ1) is 17.9. The van der Waals surface area contributed by atoms with E-state index in [-0.39, 0.29) is 5.82 Å². The number of alkyl carbamates (subject to hydrolysis) is 1. The van der Waals surface area contributed by atoms with Crippen LogP contribution < -0.4 is 5.32 Å². The molecule has 6 heteroatoms. The second-order valence-electron chi connectivity index (χ2n) is 7.14. The van der Waals surface area contributed by atoms with Crippen molar-refractivity contribution >= 4 is 17.1 Å². The molecule has 3 rings (SSSR count). The molecule has 1 amide bonds. The zero-order chi connectivity index (χ0) is 18.9. The highest BCUT2D eigenvalue weighted by Crippen LogP contribution is 2.26. The predicted molar refractivity (Wildman–Crippen MR) is 98.8 cm³/mol. The van der Waals surface area contributed by atoms with Gasteiger partial charge in [-0.2, -0.15) is 0 Å². The molecule has 26 heavy (non-hydrogen) atoms. The minimum atomic E-state index is -0.591. The summed E-state index contributed by atoms with van der Waals surface area (Å²) in [5.41, 5.74) is 1.59. The number of benzene rings is 2. The van der Waals surface area contributed by atoms with Gasteiger partial charge in [-0.15, -0.1) is 0 Å². The van der Waals surface area contributed by atoms with E-state index in [0.29, 0.717) is 11.3 Å². The number of halogens is 1. The van der Waals surface area contributed by atoms with Gasteiger partial charge in [0.2, 0.25) is 0 Å². The third-order valence-corrected chi connectivity index (χ3v) is 3.78. The topological polar surface area (TPSA) is 56.1 Å². The van der Waals surface area contributed by atoms with Gasteiger partial charge in [0.05, 0.1) is 17.1 Å². The van der Waals surface area contributed by atoms with Gasteiger partial charge in [-0.1, -0.05) is 18.2 Å². The van der Waals surface area contributed by atoms with Gasteiger partial charge in [0.25, 0.3) is 0 Å². The van der Waals surface area contributed by atoms with Crippen LogP contribution in [0, 0.1) is 5.82 Å². The first-order valence-electron chi connectivity index (χ1n) is 8.47. The molecule has 5 nitrogen and oxygen atoms in total. The Hall–Kier alpha value is -2.89. The van der Waals surface area contributed by atoms with Crippen LogP contribution in [0.4, 0.5) is 9.18 Å². The number of carbonyl (C=O) groups excluding carboxylic acids is 1. The number of nitrogens with zero attached hydrogens (tertiary/aromatic N) is 2. The van der Waals surface area contributed by atoms with Crippen molar-refractivity contribution in [1.82, 2.24) is 14.9 Å². The van der Waals surface area contributed by atoms with E-state index in [4.69, 9.17) is 4.74 Å². The summed E-state index contributed by atoms with van der Waals surface area (Å²) >= 11 is 0. The molecule has 0 saturated carbocycles. The van der Waals surface area contributed by atoms with Crippen LogP contribution in [0.25, 0.3) is 16.7 Å². The molecule has 3 aromatic rings. The van der Waals surface area contributed by atoms with E-state index in [2.05, 4.69) is 10.3 Å². The minimum absolute atomic E-state index is 0.352. The summed E-state index contributed by atoms with van der Waals surface area (Å²) in [6.07, 6.45) is -0.525. The van der Waals surface area contributed by atoms with Crippen molar-refractivity contribution in [1.29, 1.82) is 0 Å². The number of ether oxygens (including phenoxy) is 1. The standard InChI is InChI=1S/C20H22FN3O2/c1-13(22-19(25)26-20(2,3)4)18-23-16-12-14(21)10-11-17(16)24(18)15-8-6-5-7-9-15/h5-13H,1-4H3,(H,22,25)/t13-/m0/s1. The number of carbonyl (C=O) groups is 1. The predicted octanol–water partition coefficient (Wildman–Crippen LogP) is 4.75. The summed E-state index contributed by atoms with van der Waals surface area (Å²) in [5.74, 6) is 0.247. The van der Waals surface area contributed by atoms with Crippen LogP contribution in [0.15, 0.2) is 48.5 Å². The van der Waals surface area contributed by atoms with Gasteiger partial charge in [0.1, 0.15) is 17.2 Å².